The lowest BCUT2D eigenvalue weighted by Gasteiger charge is -2.55. The van der Waals surface area contributed by atoms with Gasteiger partial charge in [0.15, 0.2) is 0 Å². The van der Waals surface area contributed by atoms with Gasteiger partial charge in [-0.3, -0.25) is 15.4 Å². The van der Waals surface area contributed by atoms with E-state index in [1.54, 1.807) is 6.92 Å². The van der Waals surface area contributed by atoms with Crippen LogP contribution in [0.3, 0.4) is 0 Å². The number of hydrogen-bond donors (Lipinski definition) is 2. The Hall–Kier alpha value is -1.31. The molecule has 3 aliphatic carbocycles. The largest absolute Gasteiger partial charge is 0.377 e. The molecular weight excluding hydrogens is 498 g/mol. The molecule has 2 N–H and O–H groups in total. The predicted molar refractivity (Wildman–Crippen MR) is 159 cm³/mol. The molecule has 5 fully saturated rings. The number of nitrogens with one attached hydrogen (secondary N) is 2. The number of fused-ring (bicyclic) bond motifs is 3. The second-order valence-electron chi connectivity index (χ2n) is 14.0. The first-order chi connectivity index (χ1) is 19.4. The highest BCUT2D eigenvalue weighted by Gasteiger charge is 2.49. The van der Waals surface area contributed by atoms with Crippen molar-refractivity contribution >= 4 is 5.78 Å². The van der Waals surface area contributed by atoms with Gasteiger partial charge in [0.05, 0.1) is 31.6 Å². The summed E-state index contributed by atoms with van der Waals surface area (Å²) in [7, 11) is 0. The molecule has 5 aliphatic rings. The number of carbonyl (C=O) groups excluding carboxylic acids is 1. The lowest BCUT2D eigenvalue weighted by Crippen LogP contribution is -2.68. The molecule has 2 saturated heterocycles. The zero-order valence-corrected chi connectivity index (χ0v) is 25.2. The zero-order valence-electron chi connectivity index (χ0n) is 25.2. The lowest BCUT2D eigenvalue weighted by molar-refractivity contribution is -0.129. The van der Waals surface area contributed by atoms with Crippen LogP contribution < -0.4 is 10.6 Å². The van der Waals surface area contributed by atoms with Crippen molar-refractivity contribution in [3.63, 3.8) is 0 Å². The van der Waals surface area contributed by atoms with Gasteiger partial charge < -0.3 is 14.4 Å². The van der Waals surface area contributed by atoms with E-state index in [4.69, 9.17) is 9.47 Å². The fourth-order valence-corrected chi connectivity index (χ4v) is 8.81. The Balaban J connectivity index is 0.955. The van der Waals surface area contributed by atoms with Crippen LogP contribution in [-0.4, -0.2) is 67.4 Å². The standard InChI is InChI=1S/C34H53N3O3/c1-22-4-6-25(7-5-22)21-40-29-9-11-31-27(18-29)8-10-32-33(35-24(3)36-34(31)32)26-12-14-37(15-13-26)16-17-39-30-19-28(20-30)23(2)38/h4-7,24,26-36H,8-21H2,1-3H3/t24?,27?,28-,29?,30+,31?,32?,33?,34?. The van der Waals surface area contributed by atoms with E-state index in [9.17, 15) is 4.79 Å². The van der Waals surface area contributed by atoms with Gasteiger partial charge in [-0.1, -0.05) is 29.8 Å². The Morgan fingerprint density at radius 2 is 1.57 bits per heavy atom. The number of benzene rings is 1. The highest BCUT2D eigenvalue weighted by Crippen LogP contribution is 2.47. The fourth-order valence-electron chi connectivity index (χ4n) is 8.81. The monoisotopic (exact) mass is 551 g/mol. The van der Waals surface area contributed by atoms with Crippen molar-refractivity contribution in [1.29, 1.82) is 0 Å². The van der Waals surface area contributed by atoms with E-state index >= 15 is 0 Å². The van der Waals surface area contributed by atoms with E-state index in [2.05, 4.69) is 53.6 Å². The molecule has 0 radical (unpaired) electrons. The van der Waals surface area contributed by atoms with Gasteiger partial charge in [0.2, 0.25) is 0 Å². The fraction of sp³-hybridized carbons (Fsp3) is 0.794. The Kier molecular flexibility index (Phi) is 9.29. The number of piperidine rings is 1. The topological polar surface area (TPSA) is 62.8 Å². The van der Waals surface area contributed by atoms with Crippen LogP contribution in [0.15, 0.2) is 24.3 Å². The first-order valence-corrected chi connectivity index (χ1v) is 16.5. The van der Waals surface area contributed by atoms with Gasteiger partial charge in [-0.15, -0.1) is 0 Å². The first-order valence-electron chi connectivity index (χ1n) is 16.5. The maximum atomic E-state index is 11.4. The summed E-state index contributed by atoms with van der Waals surface area (Å²) < 4.78 is 12.5. The maximum Gasteiger partial charge on any atom is 0.133 e. The number of likely N-dealkylation sites (tertiary alicyclic amines) is 1. The molecule has 0 spiro atoms. The molecule has 7 atom stereocenters. The molecule has 2 aliphatic heterocycles. The molecule has 1 aromatic carbocycles. The second-order valence-corrected chi connectivity index (χ2v) is 14.0. The lowest BCUT2D eigenvalue weighted by atomic mass is 9.60. The summed E-state index contributed by atoms with van der Waals surface area (Å²) in [6.07, 6.45) is 12.1. The Morgan fingerprint density at radius 1 is 0.850 bits per heavy atom. The van der Waals surface area contributed by atoms with Crippen LogP contribution in [0.2, 0.25) is 0 Å². The molecule has 40 heavy (non-hydrogen) atoms. The van der Waals surface area contributed by atoms with Crippen LogP contribution in [0, 0.1) is 36.5 Å². The molecule has 0 aromatic heterocycles. The second kappa shape index (κ2) is 12.9. The molecule has 0 amide bonds. The number of rotatable bonds is 9. The van der Waals surface area contributed by atoms with Gasteiger partial charge in [-0.25, -0.2) is 0 Å². The van der Waals surface area contributed by atoms with Crippen molar-refractivity contribution in [3.05, 3.63) is 35.4 Å². The number of nitrogens with zero attached hydrogens (tertiary/aromatic N) is 1. The normalized spacial score (nSPS) is 38.7. The highest BCUT2D eigenvalue weighted by atomic mass is 16.5. The number of Topliss-reactive ketones (excluding diaryl/α,β-unsaturated/α-hetero) is 1. The van der Waals surface area contributed by atoms with Crippen molar-refractivity contribution in [3.8, 4) is 0 Å². The van der Waals surface area contributed by atoms with E-state index < -0.39 is 0 Å². The van der Waals surface area contributed by atoms with Crippen molar-refractivity contribution in [2.24, 2.45) is 29.6 Å². The Bertz CT molecular complexity index is 971. The third-order valence-corrected chi connectivity index (χ3v) is 11.3. The summed E-state index contributed by atoms with van der Waals surface area (Å²) in [5.41, 5.74) is 2.61. The van der Waals surface area contributed by atoms with Crippen LogP contribution in [0.1, 0.15) is 82.8 Å². The van der Waals surface area contributed by atoms with Crippen molar-refractivity contribution in [2.75, 3.05) is 26.2 Å². The van der Waals surface area contributed by atoms with E-state index in [1.165, 1.54) is 69.2 Å². The minimum atomic E-state index is 0.256. The third kappa shape index (κ3) is 6.67. The Labute approximate surface area is 242 Å². The Morgan fingerprint density at radius 3 is 2.33 bits per heavy atom. The number of ketones is 1. The summed E-state index contributed by atoms with van der Waals surface area (Å²) >= 11 is 0. The van der Waals surface area contributed by atoms with Gasteiger partial charge in [-0.2, -0.15) is 0 Å². The zero-order chi connectivity index (χ0) is 27.6. The summed E-state index contributed by atoms with van der Waals surface area (Å²) in [5, 5.41) is 8.06. The van der Waals surface area contributed by atoms with E-state index in [0.717, 1.165) is 56.3 Å². The minimum absolute atomic E-state index is 0.256. The molecule has 6 heteroatoms. The van der Waals surface area contributed by atoms with Gasteiger partial charge in [0.1, 0.15) is 5.78 Å². The van der Waals surface area contributed by atoms with E-state index in [1.807, 2.05) is 0 Å². The summed E-state index contributed by atoms with van der Waals surface area (Å²) in [6, 6.07) is 10.1. The first kappa shape index (κ1) is 28.8. The smallest absolute Gasteiger partial charge is 0.133 e. The van der Waals surface area contributed by atoms with E-state index in [-0.39, 0.29) is 5.92 Å². The van der Waals surface area contributed by atoms with Gasteiger partial charge in [-0.05, 0) is 121 Å². The van der Waals surface area contributed by atoms with Crippen LogP contribution >= 0.6 is 0 Å². The molecular formula is C34H53N3O3. The third-order valence-electron chi connectivity index (χ3n) is 11.3. The highest BCUT2D eigenvalue weighted by molar-refractivity contribution is 5.79. The van der Waals surface area contributed by atoms with Crippen LogP contribution in [0.25, 0.3) is 0 Å². The number of carbonyl (C=O) groups is 1. The van der Waals surface area contributed by atoms with E-state index in [0.29, 0.717) is 36.2 Å². The summed E-state index contributed by atoms with van der Waals surface area (Å²) in [4.78, 5) is 14.0. The number of aryl methyl sites for hydroxylation is 1. The van der Waals surface area contributed by atoms with Crippen molar-refractivity contribution in [1.82, 2.24) is 15.5 Å². The van der Waals surface area contributed by atoms with Crippen LogP contribution in [-0.2, 0) is 20.9 Å². The molecule has 0 bridgehead atoms. The van der Waals surface area contributed by atoms with Crippen molar-refractivity contribution in [2.45, 2.75) is 116 Å². The average Bonchev–Trinajstić information content (AvgIpc) is 2.93. The quantitative estimate of drug-likeness (QED) is 0.447. The molecule has 7 unspecified atom stereocenters. The van der Waals surface area contributed by atoms with Gasteiger partial charge in [0.25, 0.3) is 0 Å². The number of ether oxygens (including phenoxy) is 2. The minimum Gasteiger partial charge on any atom is -0.377 e. The van der Waals surface area contributed by atoms with Crippen molar-refractivity contribution < 1.29 is 14.3 Å². The SMILES string of the molecule is Cc1ccc(COC2CCC3C(CCC4C(C5CCN(CCO[C@H]6C[C@@H](C(C)=O)C6)CC5)NC(C)NC34)C2)cc1. The maximum absolute atomic E-state index is 11.4. The summed E-state index contributed by atoms with van der Waals surface area (Å²) in [5.74, 6) is 3.73. The average molecular weight is 552 g/mol. The molecule has 222 valence electrons. The molecule has 2 heterocycles. The van der Waals surface area contributed by atoms with Crippen LogP contribution in [0.5, 0.6) is 0 Å². The molecule has 6 nitrogen and oxygen atoms in total. The molecule has 1 aromatic rings. The predicted octanol–water partition coefficient (Wildman–Crippen LogP) is 5.08. The van der Waals surface area contributed by atoms with Gasteiger partial charge >= 0.3 is 0 Å². The summed E-state index contributed by atoms with van der Waals surface area (Å²) in [6.45, 7) is 11.2. The molecule has 3 saturated carbocycles. The van der Waals surface area contributed by atoms with Crippen LogP contribution in [0.4, 0.5) is 0 Å². The van der Waals surface area contributed by atoms with Gasteiger partial charge in [0, 0.05) is 24.5 Å². The molecule has 6 rings (SSSR count). The number of hydrogen-bond acceptors (Lipinski definition) is 6.